The van der Waals surface area contributed by atoms with Crippen molar-refractivity contribution >= 4 is 41.7 Å². The number of piperidine rings is 1. The largest absolute Gasteiger partial charge is 0.357 e. The Bertz CT molecular complexity index is 874. The molecule has 0 radical (unpaired) electrons. The Kier molecular flexibility index (Phi) is 10.2. The van der Waals surface area contributed by atoms with E-state index >= 15 is 0 Å². The summed E-state index contributed by atoms with van der Waals surface area (Å²) < 4.78 is 0. The van der Waals surface area contributed by atoms with E-state index in [1.165, 1.54) is 12.8 Å². The molecule has 1 aromatic carbocycles. The summed E-state index contributed by atoms with van der Waals surface area (Å²) in [5.74, 6) is 2.61. The lowest BCUT2D eigenvalue weighted by Gasteiger charge is -2.31. The van der Waals surface area contributed by atoms with E-state index in [1.54, 1.807) is 26.0 Å². The Morgan fingerprint density at radius 3 is 2.19 bits per heavy atom. The van der Waals surface area contributed by atoms with Gasteiger partial charge in [0.1, 0.15) is 5.82 Å². The van der Waals surface area contributed by atoms with E-state index in [1.807, 2.05) is 30.5 Å². The summed E-state index contributed by atoms with van der Waals surface area (Å²) >= 11 is 0. The van der Waals surface area contributed by atoms with Crippen LogP contribution in [0.25, 0.3) is 0 Å². The third kappa shape index (κ3) is 7.36. The highest BCUT2D eigenvalue weighted by Crippen LogP contribution is 2.21. The minimum Gasteiger partial charge on any atom is -0.357 e. The standard InChI is InChI=1S/C24H34N6O.HI/c1-18-11-13-30(14-12-18)22-10-7-20(16-26-22)17-28-24(25-2)27-15-19-5-8-21(9-6-19)23(31)29(3)4;/h5-10,16,18H,11-15,17H2,1-4H3,(H2,25,27,28);1H. The summed E-state index contributed by atoms with van der Waals surface area (Å²) in [5.41, 5.74) is 2.88. The van der Waals surface area contributed by atoms with E-state index < -0.39 is 0 Å². The first-order valence-corrected chi connectivity index (χ1v) is 10.9. The molecule has 0 saturated carbocycles. The second-order valence-corrected chi connectivity index (χ2v) is 8.37. The summed E-state index contributed by atoms with van der Waals surface area (Å²) in [6, 6.07) is 11.9. The van der Waals surface area contributed by atoms with Crippen LogP contribution in [-0.2, 0) is 13.1 Å². The van der Waals surface area contributed by atoms with Gasteiger partial charge in [-0.3, -0.25) is 9.79 Å². The maximum atomic E-state index is 12.0. The fraction of sp³-hybridized carbons (Fsp3) is 0.458. The second kappa shape index (κ2) is 12.6. The third-order valence-corrected chi connectivity index (χ3v) is 5.67. The number of anilines is 1. The van der Waals surface area contributed by atoms with Crippen molar-refractivity contribution in [3.63, 3.8) is 0 Å². The second-order valence-electron chi connectivity index (χ2n) is 8.37. The molecule has 1 aromatic heterocycles. The fourth-order valence-electron chi connectivity index (χ4n) is 3.56. The highest BCUT2D eigenvalue weighted by molar-refractivity contribution is 14.0. The van der Waals surface area contributed by atoms with Gasteiger partial charge in [0.15, 0.2) is 5.96 Å². The van der Waals surface area contributed by atoms with Crippen LogP contribution in [0.3, 0.4) is 0 Å². The molecule has 1 aliphatic heterocycles. The molecular formula is C24H35IN6O. The number of carbonyl (C=O) groups is 1. The quantitative estimate of drug-likeness (QED) is 0.328. The molecule has 2 N–H and O–H groups in total. The van der Waals surface area contributed by atoms with Crippen molar-refractivity contribution in [2.75, 3.05) is 39.1 Å². The van der Waals surface area contributed by atoms with Crippen molar-refractivity contribution in [3.05, 3.63) is 59.3 Å². The number of guanidine groups is 1. The van der Waals surface area contributed by atoms with Gasteiger partial charge in [0.25, 0.3) is 5.91 Å². The van der Waals surface area contributed by atoms with Crippen molar-refractivity contribution < 1.29 is 4.79 Å². The Morgan fingerprint density at radius 2 is 1.66 bits per heavy atom. The van der Waals surface area contributed by atoms with Gasteiger partial charge in [-0.2, -0.15) is 0 Å². The number of carbonyl (C=O) groups excluding carboxylic acids is 1. The number of halogens is 1. The molecule has 1 aliphatic rings. The molecule has 0 bridgehead atoms. The van der Waals surface area contributed by atoms with Gasteiger partial charge in [-0.05, 0) is 48.1 Å². The predicted molar refractivity (Wildman–Crippen MR) is 142 cm³/mol. The van der Waals surface area contributed by atoms with Gasteiger partial charge in [0, 0.05) is 59.1 Å². The first-order chi connectivity index (χ1) is 15.0. The molecular weight excluding hydrogens is 515 g/mol. The van der Waals surface area contributed by atoms with E-state index in [0.717, 1.165) is 41.9 Å². The number of hydrogen-bond acceptors (Lipinski definition) is 4. The first kappa shape index (κ1) is 25.9. The third-order valence-electron chi connectivity index (χ3n) is 5.67. The lowest BCUT2D eigenvalue weighted by atomic mass is 9.99. The van der Waals surface area contributed by atoms with Gasteiger partial charge < -0.3 is 20.4 Å². The molecule has 0 spiro atoms. The van der Waals surface area contributed by atoms with Crippen LogP contribution < -0.4 is 15.5 Å². The highest BCUT2D eigenvalue weighted by atomic mass is 127. The molecule has 2 heterocycles. The zero-order valence-corrected chi connectivity index (χ0v) is 21.8. The number of amides is 1. The van der Waals surface area contributed by atoms with Crippen LogP contribution in [0.5, 0.6) is 0 Å². The minimum absolute atomic E-state index is 0. The van der Waals surface area contributed by atoms with Crippen LogP contribution >= 0.6 is 24.0 Å². The van der Waals surface area contributed by atoms with E-state index in [4.69, 9.17) is 0 Å². The highest BCUT2D eigenvalue weighted by Gasteiger charge is 2.16. The van der Waals surface area contributed by atoms with Crippen molar-refractivity contribution in [3.8, 4) is 0 Å². The molecule has 3 rings (SSSR count). The van der Waals surface area contributed by atoms with Gasteiger partial charge in [-0.1, -0.05) is 25.1 Å². The number of nitrogens with zero attached hydrogens (tertiary/aromatic N) is 4. The summed E-state index contributed by atoms with van der Waals surface area (Å²) in [6.07, 6.45) is 4.41. The lowest BCUT2D eigenvalue weighted by molar-refractivity contribution is 0.0827. The first-order valence-electron chi connectivity index (χ1n) is 10.9. The normalized spacial score (nSPS) is 14.5. The molecule has 7 nitrogen and oxygen atoms in total. The van der Waals surface area contributed by atoms with Crippen LogP contribution in [0.15, 0.2) is 47.6 Å². The van der Waals surface area contributed by atoms with Gasteiger partial charge in [0.05, 0.1) is 0 Å². The number of hydrogen-bond donors (Lipinski definition) is 2. The van der Waals surface area contributed by atoms with Crippen LogP contribution in [0, 0.1) is 5.92 Å². The van der Waals surface area contributed by atoms with Crippen molar-refractivity contribution in [2.45, 2.75) is 32.9 Å². The number of aliphatic imine (C=N–C) groups is 1. The number of rotatable bonds is 6. The van der Waals surface area contributed by atoms with Gasteiger partial charge in [-0.15, -0.1) is 24.0 Å². The minimum atomic E-state index is 0. The average Bonchev–Trinajstić information content (AvgIpc) is 2.80. The van der Waals surface area contributed by atoms with E-state index in [0.29, 0.717) is 18.7 Å². The molecule has 174 valence electrons. The number of benzene rings is 1. The van der Waals surface area contributed by atoms with Crippen LogP contribution in [0.4, 0.5) is 5.82 Å². The fourth-order valence-corrected chi connectivity index (χ4v) is 3.56. The Hall–Kier alpha value is -2.36. The molecule has 2 aromatic rings. The molecule has 1 saturated heterocycles. The SMILES string of the molecule is CN=C(NCc1ccc(C(=O)N(C)C)cc1)NCc1ccc(N2CCC(C)CC2)nc1.I. The molecule has 0 unspecified atom stereocenters. The van der Waals surface area contributed by atoms with Crippen LogP contribution in [0.2, 0.25) is 0 Å². The van der Waals surface area contributed by atoms with Crippen molar-refractivity contribution in [1.29, 1.82) is 0 Å². The van der Waals surface area contributed by atoms with Crippen molar-refractivity contribution in [1.82, 2.24) is 20.5 Å². The average molecular weight is 550 g/mol. The van der Waals surface area contributed by atoms with Crippen LogP contribution in [0.1, 0.15) is 41.3 Å². The van der Waals surface area contributed by atoms with Gasteiger partial charge in [-0.25, -0.2) is 4.98 Å². The molecule has 0 atom stereocenters. The summed E-state index contributed by atoms with van der Waals surface area (Å²) in [6.45, 7) is 5.78. The molecule has 32 heavy (non-hydrogen) atoms. The molecule has 1 amide bonds. The zero-order valence-electron chi connectivity index (χ0n) is 19.5. The van der Waals surface area contributed by atoms with Crippen molar-refractivity contribution in [2.24, 2.45) is 10.9 Å². The maximum Gasteiger partial charge on any atom is 0.253 e. The Balaban J connectivity index is 0.00000363. The Morgan fingerprint density at radius 1 is 1.06 bits per heavy atom. The number of nitrogens with one attached hydrogen (secondary N) is 2. The number of aromatic nitrogens is 1. The maximum absolute atomic E-state index is 12.0. The predicted octanol–water partition coefficient (Wildman–Crippen LogP) is 3.50. The topological polar surface area (TPSA) is 72.9 Å². The van der Waals surface area contributed by atoms with E-state index in [-0.39, 0.29) is 29.9 Å². The van der Waals surface area contributed by atoms with E-state index in [9.17, 15) is 4.79 Å². The zero-order chi connectivity index (χ0) is 22.2. The summed E-state index contributed by atoms with van der Waals surface area (Å²) in [7, 11) is 5.27. The summed E-state index contributed by atoms with van der Waals surface area (Å²) in [5, 5.41) is 6.64. The van der Waals surface area contributed by atoms with Gasteiger partial charge >= 0.3 is 0 Å². The Labute approximate surface area is 208 Å². The molecule has 0 aliphatic carbocycles. The number of pyridine rings is 1. The smallest absolute Gasteiger partial charge is 0.253 e. The lowest BCUT2D eigenvalue weighted by Crippen LogP contribution is -2.36. The van der Waals surface area contributed by atoms with Gasteiger partial charge in [0.2, 0.25) is 0 Å². The van der Waals surface area contributed by atoms with Crippen LogP contribution in [-0.4, -0.2) is 56.0 Å². The summed E-state index contributed by atoms with van der Waals surface area (Å²) in [4.78, 5) is 24.9. The monoisotopic (exact) mass is 550 g/mol. The van der Waals surface area contributed by atoms with E-state index in [2.05, 4.69) is 44.6 Å². The molecule has 8 heteroatoms. The molecule has 1 fully saturated rings.